The van der Waals surface area contributed by atoms with Gasteiger partial charge in [-0.2, -0.15) is 0 Å². The zero-order valence-electron chi connectivity index (χ0n) is 23.7. The van der Waals surface area contributed by atoms with Crippen LogP contribution in [0.4, 0.5) is 10.1 Å². The average Bonchev–Trinajstić information content (AvgIpc) is 2.84. The first-order valence-corrected chi connectivity index (χ1v) is 11.5. The van der Waals surface area contributed by atoms with Crippen LogP contribution in [-0.2, 0) is 27.2 Å². The fourth-order valence-electron chi connectivity index (χ4n) is 3.62. The number of nitrogens with two attached hydrogens (primary N) is 1. The van der Waals surface area contributed by atoms with E-state index >= 15 is 0 Å². The third-order valence-corrected chi connectivity index (χ3v) is 5.52. The predicted molar refractivity (Wildman–Crippen MR) is 131 cm³/mol. The van der Waals surface area contributed by atoms with Crippen LogP contribution >= 0.6 is 11.6 Å². The van der Waals surface area contributed by atoms with Crippen LogP contribution in [0.1, 0.15) is 44.6 Å². The first-order chi connectivity index (χ1) is 17.8. The molecule has 180 valence electrons. The third kappa shape index (κ3) is 8.78. The lowest BCUT2D eigenvalue weighted by Gasteiger charge is -2.23. The van der Waals surface area contributed by atoms with Gasteiger partial charge in [0.1, 0.15) is 5.82 Å². The Morgan fingerprint density at radius 1 is 1.12 bits per heavy atom. The molecule has 0 amide bonds. The maximum atomic E-state index is 13.3. The maximum Gasteiger partial charge on any atom is 0.309 e. The number of benzene rings is 2. The fourth-order valence-corrected chi connectivity index (χ4v) is 3.83. The van der Waals surface area contributed by atoms with E-state index in [1.807, 2.05) is 24.3 Å². The van der Waals surface area contributed by atoms with Crippen molar-refractivity contribution in [3.63, 3.8) is 0 Å². The molecule has 2 rings (SSSR count). The van der Waals surface area contributed by atoms with Crippen LogP contribution in [0.2, 0.25) is 0 Å². The maximum absolute atomic E-state index is 13.3. The van der Waals surface area contributed by atoms with Gasteiger partial charge in [-0.3, -0.25) is 9.59 Å². The summed E-state index contributed by atoms with van der Waals surface area (Å²) in [6.45, 7) is -2.82. The van der Waals surface area contributed by atoms with Crippen LogP contribution in [0.25, 0.3) is 0 Å². The van der Waals surface area contributed by atoms with E-state index in [1.165, 1.54) is 24.3 Å². The SMILES string of the molecule is [2H]C([2H])([2H])C([2H])([2H])OC(=O)[C@@H](CC(=O)[C@@H](N)Cc1ccc(N(CCC)CCCl)cc1)Cc1ccc(F)cc1. The van der Waals surface area contributed by atoms with Gasteiger partial charge in [0.25, 0.3) is 0 Å². The van der Waals surface area contributed by atoms with Gasteiger partial charge in [0.2, 0.25) is 0 Å². The van der Waals surface area contributed by atoms with Gasteiger partial charge in [-0.05, 0) is 61.5 Å². The summed E-state index contributed by atoms with van der Waals surface area (Å²) in [5.74, 6) is -2.86. The molecule has 0 bridgehead atoms. The monoisotopic (exact) mass is 481 g/mol. The molecule has 2 N–H and O–H groups in total. The van der Waals surface area contributed by atoms with E-state index in [9.17, 15) is 14.0 Å². The number of ketones is 1. The summed E-state index contributed by atoms with van der Waals surface area (Å²) in [6, 6.07) is 11.9. The Hall–Kier alpha value is -2.44. The number of halogens is 2. The Morgan fingerprint density at radius 3 is 2.36 bits per heavy atom. The highest BCUT2D eigenvalue weighted by Crippen LogP contribution is 2.19. The molecular weight excluding hydrogens is 443 g/mol. The van der Waals surface area contributed by atoms with Crippen LogP contribution in [-0.4, -0.2) is 43.3 Å². The van der Waals surface area contributed by atoms with Crippen molar-refractivity contribution < 1.29 is 25.6 Å². The van der Waals surface area contributed by atoms with Crippen molar-refractivity contribution in [2.75, 3.05) is 30.4 Å². The first kappa shape index (κ1) is 20.0. The summed E-state index contributed by atoms with van der Waals surface area (Å²) >= 11 is 5.90. The lowest BCUT2D eigenvalue weighted by Crippen LogP contribution is -2.36. The van der Waals surface area contributed by atoms with Crippen molar-refractivity contribution >= 4 is 29.0 Å². The first-order valence-electron chi connectivity index (χ1n) is 13.4. The molecule has 2 atom stereocenters. The van der Waals surface area contributed by atoms with E-state index in [4.69, 9.17) is 24.2 Å². The Bertz CT molecular complexity index is 1050. The summed E-state index contributed by atoms with van der Waals surface area (Å²) in [4.78, 5) is 28.0. The second-order valence-electron chi connectivity index (χ2n) is 7.87. The molecule has 0 unspecified atom stereocenters. The second-order valence-corrected chi connectivity index (χ2v) is 8.25. The van der Waals surface area contributed by atoms with E-state index in [1.54, 1.807) is 0 Å². The summed E-state index contributed by atoms with van der Waals surface area (Å²) in [7, 11) is 0. The van der Waals surface area contributed by atoms with Crippen molar-refractivity contribution in [2.24, 2.45) is 11.7 Å². The normalized spacial score (nSPS) is 15.8. The van der Waals surface area contributed by atoms with Crippen LogP contribution in [0.3, 0.4) is 0 Å². The van der Waals surface area contributed by atoms with E-state index < -0.39 is 49.4 Å². The minimum atomic E-state index is -3.24. The van der Waals surface area contributed by atoms with Crippen LogP contribution in [0.15, 0.2) is 48.5 Å². The molecule has 5 nitrogen and oxygen atoms in total. The predicted octanol–water partition coefficient (Wildman–Crippen LogP) is 4.53. The number of carbonyl (C=O) groups is 2. The van der Waals surface area contributed by atoms with Crippen LogP contribution in [0, 0.1) is 11.7 Å². The molecule has 0 saturated heterocycles. The molecule has 33 heavy (non-hydrogen) atoms. The fraction of sp³-hybridized carbons (Fsp3) is 0.462. The molecule has 0 aliphatic heterocycles. The number of alkyl halides is 1. The molecule has 2 aromatic carbocycles. The van der Waals surface area contributed by atoms with Gasteiger partial charge in [-0.1, -0.05) is 31.2 Å². The average molecular weight is 482 g/mol. The Morgan fingerprint density at radius 2 is 1.76 bits per heavy atom. The summed E-state index contributed by atoms with van der Waals surface area (Å²) in [6.07, 6.45) is 0.688. The molecule has 7 heteroatoms. The van der Waals surface area contributed by atoms with E-state index in [0.29, 0.717) is 18.0 Å². The molecule has 0 fully saturated rings. The number of hydrogen-bond acceptors (Lipinski definition) is 5. The molecule has 2 aromatic rings. The number of rotatable bonds is 14. The highest BCUT2D eigenvalue weighted by atomic mass is 35.5. The van der Waals surface area contributed by atoms with Gasteiger partial charge < -0.3 is 15.4 Å². The third-order valence-electron chi connectivity index (χ3n) is 5.35. The van der Waals surface area contributed by atoms with Crippen molar-refractivity contribution in [1.82, 2.24) is 0 Å². The topological polar surface area (TPSA) is 72.6 Å². The van der Waals surface area contributed by atoms with Crippen LogP contribution in [0.5, 0.6) is 0 Å². The molecule has 0 radical (unpaired) electrons. The number of nitrogens with zero attached hydrogens (tertiary/aromatic N) is 1. The zero-order valence-corrected chi connectivity index (χ0v) is 19.5. The van der Waals surface area contributed by atoms with Gasteiger partial charge in [0, 0.05) is 35.2 Å². The van der Waals surface area contributed by atoms with E-state index in [0.717, 1.165) is 24.2 Å². The van der Waals surface area contributed by atoms with Gasteiger partial charge in [-0.15, -0.1) is 11.6 Å². The number of carbonyl (C=O) groups excluding carboxylic acids is 2. The Kier molecular flexibility index (Phi) is 8.45. The highest BCUT2D eigenvalue weighted by Gasteiger charge is 2.26. The number of anilines is 1. The summed E-state index contributed by atoms with van der Waals surface area (Å²) in [5, 5.41) is 0. The standard InChI is InChI=1S/C26H34ClFN2O3/c1-3-14-30(15-13-27)23-11-7-20(8-12-23)17-24(29)25(31)18-21(26(32)33-4-2)16-19-5-9-22(28)10-6-19/h5-12,21,24H,3-4,13-18,29H2,1-2H3/t21-,24+/m1/s1/i2D3,4D2. The number of Topliss-reactive ketones (excluding diaryl/α,β-unsaturated/α-hetero) is 1. The quantitative estimate of drug-likeness (QED) is 0.317. The lowest BCUT2D eigenvalue weighted by atomic mass is 9.90. The zero-order chi connectivity index (χ0) is 28.5. The number of esters is 1. The largest absolute Gasteiger partial charge is 0.466 e. The van der Waals surface area contributed by atoms with E-state index in [2.05, 4.69) is 16.6 Å². The van der Waals surface area contributed by atoms with Crippen LogP contribution < -0.4 is 10.6 Å². The molecule has 0 heterocycles. The second kappa shape index (κ2) is 14.0. The van der Waals surface area contributed by atoms with Crippen molar-refractivity contribution in [2.45, 2.75) is 45.5 Å². The summed E-state index contributed by atoms with van der Waals surface area (Å²) in [5.41, 5.74) is 8.47. The highest BCUT2D eigenvalue weighted by molar-refractivity contribution is 6.18. The smallest absolute Gasteiger partial charge is 0.309 e. The minimum absolute atomic E-state index is 0.0861. The number of hydrogen-bond donors (Lipinski definition) is 1. The Labute approximate surface area is 208 Å². The van der Waals surface area contributed by atoms with Gasteiger partial charge in [-0.25, -0.2) is 4.39 Å². The molecule has 0 saturated carbocycles. The van der Waals surface area contributed by atoms with Gasteiger partial charge in [0.05, 0.1) is 21.3 Å². The molecule has 0 aromatic heterocycles. The Balaban J connectivity index is 2.14. The van der Waals surface area contributed by atoms with Gasteiger partial charge in [0.15, 0.2) is 5.78 Å². The molecule has 0 spiro atoms. The van der Waals surface area contributed by atoms with Crippen molar-refractivity contribution in [3.05, 3.63) is 65.5 Å². The molecule has 0 aliphatic rings. The van der Waals surface area contributed by atoms with Crippen molar-refractivity contribution in [3.8, 4) is 0 Å². The molecule has 0 aliphatic carbocycles. The molecular formula is C26H34ClFN2O3. The lowest BCUT2D eigenvalue weighted by molar-refractivity contribution is -0.149. The summed E-state index contributed by atoms with van der Waals surface area (Å²) < 4.78 is 55.1. The minimum Gasteiger partial charge on any atom is -0.466 e. The van der Waals surface area contributed by atoms with Gasteiger partial charge >= 0.3 is 5.97 Å². The van der Waals surface area contributed by atoms with E-state index in [-0.39, 0.29) is 12.8 Å². The number of ether oxygens (including phenoxy) is 1. The van der Waals surface area contributed by atoms with Crippen molar-refractivity contribution in [1.29, 1.82) is 0 Å².